The lowest BCUT2D eigenvalue weighted by Crippen LogP contribution is -2.44. The Morgan fingerprint density at radius 2 is 1.75 bits per heavy atom. The summed E-state index contributed by atoms with van der Waals surface area (Å²) in [4.78, 5) is 27.0. The third-order valence-corrected chi connectivity index (χ3v) is 5.17. The lowest BCUT2D eigenvalue weighted by molar-refractivity contribution is -0.135. The third-order valence-electron chi connectivity index (χ3n) is 5.17. The van der Waals surface area contributed by atoms with Crippen molar-refractivity contribution >= 4 is 17.5 Å². The van der Waals surface area contributed by atoms with Crippen LogP contribution in [0, 0.1) is 11.8 Å². The zero-order valence-corrected chi connectivity index (χ0v) is 17.0. The Hall–Kier alpha value is -2.24. The number of likely N-dealkylation sites (tertiary alicyclic amines) is 1. The number of carbonyl (C=O) groups is 2. The number of carbonyl (C=O) groups excluding carboxylic acids is 2. The first kappa shape index (κ1) is 20.5. The topological polar surface area (TPSA) is 67.9 Å². The van der Waals surface area contributed by atoms with Crippen molar-refractivity contribution in [2.24, 2.45) is 11.8 Å². The molecule has 1 aliphatic heterocycles. The van der Waals surface area contributed by atoms with Crippen LogP contribution in [-0.2, 0) is 9.59 Å². The van der Waals surface area contributed by atoms with Gasteiger partial charge in [-0.05, 0) is 50.7 Å². The molecule has 1 saturated heterocycles. The van der Waals surface area contributed by atoms with Gasteiger partial charge in [-0.3, -0.25) is 9.59 Å². The first-order chi connectivity index (χ1) is 13.6. The maximum absolute atomic E-state index is 12.8. The van der Waals surface area contributed by atoms with Crippen molar-refractivity contribution < 1.29 is 19.1 Å². The van der Waals surface area contributed by atoms with E-state index in [2.05, 4.69) is 19.2 Å². The fraction of sp³-hybridized carbons (Fsp3) is 0.636. The number of nitrogens with zero attached hydrogens (tertiary/aromatic N) is 1. The number of anilines is 1. The Bertz CT molecular complexity index is 687. The average Bonchev–Trinajstić information content (AvgIpc) is 3.56. The highest BCUT2D eigenvalue weighted by Crippen LogP contribution is 2.33. The van der Waals surface area contributed by atoms with Crippen molar-refractivity contribution in [2.45, 2.75) is 52.4 Å². The van der Waals surface area contributed by atoms with Crippen molar-refractivity contribution in [3.63, 3.8) is 0 Å². The molecule has 1 saturated carbocycles. The lowest BCUT2D eigenvalue weighted by atomic mass is 9.96. The summed E-state index contributed by atoms with van der Waals surface area (Å²) in [5, 5.41) is 3.00. The Labute approximate surface area is 167 Å². The predicted molar refractivity (Wildman–Crippen MR) is 109 cm³/mol. The fourth-order valence-corrected chi connectivity index (χ4v) is 3.47. The highest BCUT2D eigenvalue weighted by molar-refractivity contribution is 5.93. The maximum atomic E-state index is 12.8. The van der Waals surface area contributed by atoms with Crippen LogP contribution in [0.4, 0.5) is 5.69 Å². The van der Waals surface area contributed by atoms with E-state index < -0.39 is 0 Å². The van der Waals surface area contributed by atoms with E-state index in [-0.39, 0.29) is 23.7 Å². The number of nitrogens with one attached hydrogen (secondary N) is 1. The minimum absolute atomic E-state index is 0.0306. The van der Waals surface area contributed by atoms with Gasteiger partial charge in [0.05, 0.1) is 19.1 Å². The molecular weight excluding hydrogens is 356 g/mol. The quantitative estimate of drug-likeness (QED) is 0.698. The van der Waals surface area contributed by atoms with E-state index in [1.807, 2.05) is 23.1 Å². The van der Waals surface area contributed by atoms with Crippen molar-refractivity contribution in [2.75, 3.05) is 31.6 Å². The monoisotopic (exact) mass is 388 g/mol. The molecule has 2 aliphatic rings. The van der Waals surface area contributed by atoms with Gasteiger partial charge in [-0.2, -0.15) is 0 Å². The van der Waals surface area contributed by atoms with Gasteiger partial charge in [-0.1, -0.05) is 13.8 Å². The molecule has 1 heterocycles. The molecule has 28 heavy (non-hydrogen) atoms. The number of ether oxygens (including phenoxy) is 2. The summed E-state index contributed by atoms with van der Waals surface area (Å²) < 4.78 is 11.6. The summed E-state index contributed by atoms with van der Waals surface area (Å²) >= 11 is 0. The highest BCUT2D eigenvalue weighted by Gasteiger charge is 2.36. The van der Waals surface area contributed by atoms with Crippen LogP contribution in [0.2, 0.25) is 0 Å². The average molecular weight is 389 g/mol. The van der Waals surface area contributed by atoms with Gasteiger partial charge in [0, 0.05) is 30.8 Å². The molecule has 1 aromatic rings. The molecule has 0 aromatic heterocycles. The second-order valence-electron chi connectivity index (χ2n) is 7.75. The molecule has 0 spiro atoms. The van der Waals surface area contributed by atoms with Gasteiger partial charge in [0.1, 0.15) is 0 Å². The third kappa shape index (κ3) is 5.40. The number of rotatable bonds is 9. The maximum Gasteiger partial charge on any atom is 0.229 e. The van der Waals surface area contributed by atoms with Gasteiger partial charge in [0.15, 0.2) is 11.5 Å². The largest absolute Gasteiger partial charge is 0.490 e. The number of amides is 2. The molecule has 1 unspecified atom stereocenters. The summed E-state index contributed by atoms with van der Waals surface area (Å²) in [5.41, 5.74) is 0.700. The number of hydrogen-bond acceptors (Lipinski definition) is 4. The van der Waals surface area contributed by atoms with E-state index in [1.54, 1.807) is 0 Å². The van der Waals surface area contributed by atoms with Gasteiger partial charge in [0.25, 0.3) is 0 Å². The molecular formula is C22H32N2O4. The predicted octanol–water partition coefficient (Wildman–Crippen LogP) is 3.85. The van der Waals surface area contributed by atoms with Crippen molar-refractivity contribution in [1.82, 2.24) is 4.90 Å². The van der Waals surface area contributed by atoms with Crippen molar-refractivity contribution in [3.8, 4) is 11.5 Å². The molecule has 0 bridgehead atoms. The van der Waals surface area contributed by atoms with Crippen LogP contribution >= 0.6 is 0 Å². The highest BCUT2D eigenvalue weighted by atomic mass is 16.5. The van der Waals surface area contributed by atoms with Crippen LogP contribution in [0.1, 0.15) is 52.4 Å². The minimum Gasteiger partial charge on any atom is -0.490 e. The van der Waals surface area contributed by atoms with E-state index in [1.165, 1.54) is 0 Å². The van der Waals surface area contributed by atoms with E-state index in [4.69, 9.17) is 9.47 Å². The molecule has 0 radical (unpaired) electrons. The summed E-state index contributed by atoms with van der Waals surface area (Å²) in [6.07, 6.45) is 5.51. The van der Waals surface area contributed by atoms with Crippen molar-refractivity contribution in [1.29, 1.82) is 0 Å². The van der Waals surface area contributed by atoms with Crippen LogP contribution in [0.25, 0.3) is 0 Å². The van der Waals surface area contributed by atoms with E-state index in [9.17, 15) is 9.59 Å². The fourth-order valence-electron chi connectivity index (χ4n) is 3.47. The van der Waals surface area contributed by atoms with E-state index >= 15 is 0 Å². The standard InChI is InChI=1S/C22H32N2O4/c1-3-12-27-19-10-9-18(14-20(19)28-13-4-2)23-21(25)17-6-5-11-24(15-17)22(26)16-7-8-16/h9-10,14,16-17H,3-8,11-13,15H2,1-2H3,(H,23,25). The van der Waals surface area contributed by atoms with Gasteiger partial charge in [0.2, 0.25) is 11.8 Å². The summed E-state index contributed by atoms with van der Waals surface area (Å²) in [5.74, 6) is 1.60. The summed E-state index contributed by atoms with van der Waals surface area (Å²) in [6, 6.07) is 5.52. The van der Waals surface area contributed by atoms with Crippen molar-refractivity contribution in [3.05, 3.63) is 18.2 Å². The Balaban J connectivity index is 1.62. The smallest absolute Gasteiger partial charge is 0.229 e. The van der Waals surface area contributed by atoms with Gasteiger partial charge >= 0.3 is 0 Å². The molecule has 6 heteroatoms. The van der Waals surface area contributed by atoms with Crippen LogP contribution in [0.5, 0.6) is 11.5 Å². The Morgan fingerprint density at radius 3 is 2.43 bits per heavy atom. The minimum atomic E-state index is -0.160. The van der Waals surface area contributed by atoms with E-state index in [0.29, 0.717) is 36.9 Å². The first-order valence-electron chi connectivity index (χ1n) is 10.6. The number of piperidine rings is 1. The molecule has 1 aromatic carbocycles. The second-order valence-corrected chi connectivity index (χ2v) is 7.75. The molecule has 2 fully saturated rings. The van der Waals surface area contributed by atoms with E-state index in [0.717, 1.165) is 45.1 Å². The van der Waals surface area contributed by atoms with Crippen LogP contribution in [-0.4, -0.2) is 43.0 Å². The van der Waals surface area contributed by atoms with Crippen LogP contribution in [0.3, 0.4) is 0 Å². The lowest BCUT2D eigenvalue weighted by Gasteiger charge is -2.32. The zero-order valence-electron chi connectivity index (χ0n) is 17.0. The Morgan fingerprint density at radius 1 is 1.04 bits per heavy atom. The van der Waals surface area contributed by atoms with Gasteiger partial charge in [-0.15, -0.1) is 0 Å². The molecule has 1 aliphatic carbocycles. The Kier molecular flexibility index (Phi) is 7.18. The molecule has 6 nitrogen and oxygen atoms in total. The second kappa shape index (κ2) is 9.80. The molecule has 1 atom stereocenters. The molecule has 1 N–H and O–H groups in total. The van der Waals surface area contributed by atoms with Gasteiger partial charge < -0.3 is 19.7 Å². The molecule has 2 amide bonds. The normalized spacial score (nSPS) is 19.2. The number of benzene rings is 1. The SMILES string of the molecule is CCCOc1ccc(NC(=O)C2CCCN(C(=O)C3CC3)C2)cc1OCCC. The van der Waals surface area contributed by atoms with Crippen LogP contribution < -0.4 is 14.8 Å². The summed E-state index contributed by atoms with van der Waals surface area (Å²) in [6.45, 7) is 6.63. The zero-order chi connectivity index (χ0) is 19.9. The first-order valence-corrected chi connectivity index (χ1v) is 10.6. The van der Waals surface area contributed by atoms with Gasteiger partial charge in [-0.25, -0.2) is 0 Å². The van der Waals surface area contributed by atoms with Crippen LogP contribution in [0.15, 0.2) is 18.2 Å². The molecule has 154 valence electrons. The number of hydrogen-bond donors (Lipinski definition) is 1. The summed E-state index contributed by atoms with van der Waals surface area (Å²) in [7, 11) is 0. The molecule has 3 rings (SSSR count).